The Morgan fingerprint density at radius 3 is 2.16 bits per heavy atom. The van der Waals surface area contributed by atoms with Gasteiger partial charge in [0.05, 0.1) is 42.6 Å². The van der Waals surface area contributed by atoms with Gasteiger partial charge in [0.15, 0.2) is 0 Å². The van der Waals surface area contributed by atoms with Crippen LogP contribution in [-0.2, 0) is 21.4 Å². The molecule has 37 heavy (non-hydrogen) atoms. The molecule has 1 fully saturated rings. The van der Waals surface area contributed by atoms with E-state index >= 15 is 0 Å². The minimum atomic E-state index is -0.978. The summed E-state index contributed by atoms with van der Waals surface area (Å²) in [6, 6.07) is 14.6. The van der Waals surface area contributed by atoms with E-state index in [9.17, 15) is 24.9 Å². The van der Waals surface area contributed by atoms with Crippen molar-refractivity contribution >= 4 is 44.8 Å². The zero-order chi connectivity index (χ0) is 25.8. The lowest BCUT2D eigenvalue weighted by Crippen LogP contribution is -2.45. The van der Waals surface area contributed by atoms with Crippen LogP contribution in [0.5, 0.6) is 0 Å². The average Bonchev–Trinajstić information content (AvgIpc) is 3.52. The van der Waals surface area contributed by atoms with Crippen molar-refractivity contribution in [1.82, 2.24) is 14.5 Å². The molecular formula is C28H27N3O6. The third-order valence-corrected chi connectivity index (χ3v) is 7.48. The van der Waals surface area contributed by atoms with Crippen LogP contribution >= 0.6 is 0 Å². The van der Waals surface area contributed by atoms with Crippen molar-refractivity contribution in [3.63, 3.8) is 0 Å². The Bertz CT molecular complexity index is 1580. The molecule has 9 nitrogen and oxygen atoms in total. The van der Waals surface area contributed by atoms with Crippen LogP contribution in [0.15, 0.2) is 60.9 Å². The van der Waals surface area contributed by atoms with Crippen molar-refractivity contribution in [2.24, 2.45) is 7.05 Å². The maximum absolute atomic E-state index is 13.2. The van der Waals surface area contributed by atoms with Crippen LogP contribution in [0, 0.1) is 0 Å². The molecule has 0 spiro atoms. The fourth-order valence-electron chi connectivity index (χ4n) is 5.64. The molecule has 6 rings (SSSR count). The van der Waals surface area contributed by atoms with E-state index in [1.54, 1.807) is 6.20 Å². The Morgan fingerprint density at radius 1 is 0.919 bits per heavy atom. The number of fused-ring (bicyclic) bond motifs is 2. The second kappa shape index (κ2) is 8.97. The third-order valence-electron chi connectivity index (χ3n) is 7.48. The molecule has 2 aliphatic rings. The van der Waals surface area contributed by atoms with E-state index in [2.05, 4.69) is 5.32 Å². The quantitative estimate of drug-likeness (QED) is 0.309. The van der Waals surface area contributed by atoms with E-state index in [0.717, 1.165) is 21.8 Å². The molecule has 1 saturated heterocycles. The first kappa shape index (κ1) is 23.6. The second-order valence-corrected chi connectivity index (χ2v) is 9.66. The van der Waals surface area contributed by atoms with Gasteiger partial charge in [-0.25, -0.2) is 0 Å². The first-order valence-corrected chi connectivity index (χ1v) is 12.2. The van der Waals surface area contributed by atoms with Crippen LogP contribution in [0.2, 0.25) is 0 Å². The normalized spacial score (nSPS) is 23.3. The largest absolute Gasteiger partial charge is 0.394 e. The van der Waals surface area contributed by atoms with E-state index in [1.165, 1.54) is 0 Å². The summed E-state index contributed by atoms with van der Waals surface area (Å²) in [5.41, 5.74) is 3.49. The fraction of sp³-hybridized carbons (Fsp3) is 0.286. The Kier molecular flexibility index (Phi) is 5.73. The molecule has 2 aliphatic heterocycles. The number of aryl methyl sites for hydroxylation is 1. The molecule has 0 radical (unpaired) electrons. The summed E-state index contributed by atoms with van der Waals surface area (Å²) in [4.78, 5) is 26.4. The third kappa shape index (κ3) is 3.70. The average molecular weight is 502 g/mol. The molecule has 0 bridgehead atoms. The number of para-hydroxylation sites is 2. The Labute approximate surface area is 212 Å². The first-order chi connectivity index (χ1) is 17.9. The molecule has 4 heterocycles. The highest BCUT2D eigenvalue weighted by Gasteiger charge is 2.38. The number of aliphatic hydroxyl groups is 3. The van der Waals surface area contributed by atoms with Crippen molar-refractivity contribution in [3.8, 4) is 0 Å². The summed E-state index contributed by atoms with van der Waals surface area (Å²) in [5, 5.41) is 34.6. The molecule has 9 heteroatoms. The predicted molar refractivity (Wildman–Crippen MR) is 137 cm³/mol. The molecule has 2 amide bonds. The number of aliphatic hydroxyl groups excluding tert-OH is 3. The molecule has 4 atom stereocenters. The molecule has 4 aromatic rings. The molecule has 190 valence electrons. The Morgan fingerprint density at radius 2 is 1.51 bits per heavy atom. The summed E-state index contributed by atoms with van der Waals surface area (Å²) in [6.07, 6.45) is 1.28. The second-order valence-electron chi connectivity index (χ2n) is 9.66. The number of nitrogens with one attached hydrogen (secondary N) is 1. The number of imide groups is 1. The molecule has 0 saturated carbocycles. The number of carbonyl (C=O) groups excluding carboxylic acids is 2. The SMILES string of the molecule is Cn1cc(C2=C(c3cn(C(CO)C4C[C@H](O)[C@H](O)CO4)c4ccccc34)C(=O)NC2=O)c2ccccc21. The maximum Gasteiger partial charge on any atom is 0.259 e. The van der Waals surface area contributed by atoms with Crippen molar-refractivity contribution in [2.45, 2.75) is 30.8 Å². The van der Waals surface area contributed by atoms with Gasteiger partial charge in [-0.1, -0.05) is 36.4 Å². The van der Waals surface area contributed by atoms with Crippen LogP contribution < -0.4 is 5.32 Å². The van der Waals surface area contributed by atoms with Crippen LogP contribution in [0.3, 0.4) is 0 Å². The highest BCUT2D eigenvalue weighted by atomic mass is 16.5. The van der Waals surface area contributed by atoms with Crippen LogP contribution in [0.25, 0.3) is 33.0 Å². The zero-order valence-electron chi connectivity index (χ0n) is 20.2. The number of benzene rings is 2. The molecule has 0 aliphatic carbocycles. The van der Waals surface area contributed by atoms with Gasteiger partial charge in [0.1, 0.15) is 6.10 Å². The summed E-state index contributed by atoms with van der Waals surface area (Å²) >= 11 is 0. The lowest BCUT2D eigenvalue weighted by Gasteiger charge is -2.35. The van der Waals surface area contributed by atoms with Crippen molar-refractivity contribution in [3.05, 3.63) is 72.1 Å². The van der Waals surface area contributed by atoms with Gasteiger partial charge < -0.3 is 29.2 Å². The van der Waals surface area contributed by atoms with Gasteiger partial charge in [-0.05, 0) is 12.1 Å². The first-order valence-electron chi connectivity index (χ1n) is 12.2. The van der Waals surface area contributed by atoms with Gasteiger partial charge in [0, 0.05) is 58.8 Å². The van der Waals surface area contributed by atoms with Gasteiger partial charge in [0.25, 0.3) is 11.8 Å². The summed E-state index contributed by atoms with van der Waals surface area (Å²) in [6.45, 7) is -0.326. The summed E-state index contributed by atoms with van der Waals surface area (Å²) in [5.74, 6) is -0.941. The van der Waals surface area contributed by atoms with Gasteiger partial charge >= 0.3 is 0 Å². The van der Waals surface area contributed by atoms with Crippen molar-refractivity contribution in [1.29, 1.82) is 0 Å². The van der Waals surface area contributed by atoms with E-state index in [0.29, 0.717) is 16.7 Å². The topological polar surface area (TPSA) is 126 Å². The number of hydrogen-bond acceptors (Lipinski definition) is 6. The van der Waals surface area contributed by atoms with E-state index < -0.39 is 36.2 Å². The smallest absolute Gasteiger partial charge is 0.259 e. The molecule has 2 unspecified atom stereocenters. The molecule has 4 N–H and O–H groups in total. The number of nitrogens with zero attached hydrogens (tertiary/aromatic N) is 2. The number of ether oxygens (including phenoxy) is 1. The van der Waals surface area contributed by atoms with Crippen LogP contribution in [0.1, 0.15) is 23.6 Å². The number of amides is 2. The number of carbonyl (C=O) groups is 2. The van der Waals surface area contributed by atoms with E-state index in [1.807, 2.05) is 70.9 Å². The van der Waals surface area contributed by atoms with Crippen LogP contribution in [-0.4, -0.2) is 67.8 Å². The number of aromatic nitrogens is 2. The number of hydrogen-bond donors (Lipinski definition) is 4. The highest BCUT2D eigenvalue weighted by Crippen LogP contribution is 2.40. The minimum Gasteiger partial charge on any atom is -0.394 e. The molecule has 2 aromatic heterocycles. The van der Waals surface area contributed by atoms with Gasteiger partial charge in [-0.15, -0.1) is 0 Å². The Balaban J connectivity index is 1.56. The standard InChI is InChI=1S/C28H27N3O6/c1-30-11-17(15-6-2-4-8-19(15)30)25-26(28(36)29-27(25)35)18-12-31(20-9-5-3-7-16(18)20)21(13-32)24-10-22(33)23(34)14-37-24/h2-9,11-12,21-24,32-34H,10,13-14H2,1H3,(H,29,35,36)/t21?,22-,23+,24?/m0/s1. The van der Waals surface area contributed by atoms with E-state index in [4.69, 9.17) is 4.74 Å². The van der Waals surface area contributed by atoms with Gasteiger partial charge in [-0.2, -0.15) is 0 Å². The lowest BCUT2D eigenvalue weighted by molar-refractivity contribution is -0.137. The van der Waals surface area contributed by atoms with Gasteiger partial charge in [0.2, 0.25) is 0 Å². The fourth-order valence-corrected chi connectivity index (χ4v) is 5.64. The lowest BCUT2D eigenvalue weighted by atomic mass is 9.95. The maximum atomic E-state index is 13.2. The summed E-state index contributed by atoms with van der Waals surface area (Å²) < 4.78 is 9.56. The predicted octanol–water partition coefficient (Wildman–Crippen LogP) is 1.74. The van der Waals surface area contributed by atoms with Gasteiger partial charge in [-0.3, -0.25) is 14.9 Å². The monoisotopic (exact) mass is 501 g/mol. The van der Waals surface area contributed by atoms with Crippen LogP contribution in [0.4, 0.5) is 0 Å². The Hall–Kier alpha value is -3.76. The summed E-state index contributed by atoms with van der Waals surface area (Å²) in [7, 11) is 1.90. The molecule has 2 aromatic carbocycles. The molecular weight excluding hydrogens is 474 g/mol. The zero-order valence-corrected chi connectivity index (χ0v) is 20.2. The van der Waals surface area contributed by atoms with E-state index in [-0.39, 0.29) is 25.2 Å². The minimum absolute atomic E-state index is 0.0400. The van der Waals surface area contributed by atoms with Crippen molar-refractivity contribution < 1.29 is 29.6 Å². The van der Waals surface area contributed by atoms with Crippen molar-refractivity contribution in [2.75, 3.05) is 13.2 Å². The number of rotatable bonds is 5. The highest BCUT2D eigenvalue weighted by molar-refractivity contribution is 6.50.